The fourth-order valence-corrected chi connectivity index (χ4v) is 5.86. The molecule has 0 aliphatic carbocycles. The Balaban J connectivity index is 1.70. The van der Waals surface area contributed by atoms with E-state index >= 15 is 0 Å². The second-order valence-corrected chi connectivity index (χ2v) is 10.1. The summed E-state index contributed by atoms with van der Waals surface area (Å²) < 4.78 is 21.8. The van der Waals surface area contributed by atoms with Crippen LogP contribution in [0.4, 0.5) is 0 Å². The second kappa shape index (κ2) is 11.9. The van der Waals surface area contributed by atoms with Crippen LogP contribution in [0.1, 0.15) is 33.2 Å². The Labute approximate surface area is 227 Å². The SMILES string of the molecule is CCOC(=O)/C(C#N)=C1\Sc2c(OC(=O)c3ccc(C)cc3)ccc(OC(=O)c3ccc(OC)cc3)c2S1. The van der Waals surface area contributed by atoms with Gasteiger partial charge in [-0.2, -0.15) is 5.26 Å². The average Bonchev–Trinajstić information content (AvgIpc) is 3.36. The molecule has 0 atom stereocenters. The van der Waals surface area contributed by atoms with Crippen LogP contribution in [0.15, 0.2) is 80.3 Å². The molecule has 0 fully saturated rings. The van der Waals surface area contributed by atoms with Crippen LogP contribution >= 0.6 is 23.5 Å². The first-order valence-electron chi connectivity index (χ1n) is 11.3. The quantitative estimate of drug-likeness (QED) is 0.152. The first kappa shape index (κ1) is 26.9. The summed E-state index contributed by atoms with van der Waals surface area (Å²) in [6.45, 7) is 3.65. The first-order valence-corrected chi connectivity index (χ1v) is 13.0. The first-order chi connectivity index (χ1) is 18.3. The molecule has 1 aliphatic heterocycles. The van der Waals surface area contributed by atoms with E-state index in [4.69, 9.17) is 18.9 Å². The van der Waals surface area contributed by atoms with Crippen LogP contribution in [0, 0.1) is 18.3 Å². The molecule has 3 aromatic carbocycles. The van der Waals surface area contributed by atoms with Crippen molar-refractivity contribution in [3.63, 3.8) is 0 Å². The molecular weight excluding hydrogens is 526 g/mol. The molecule has 1 heterocycles. The monoisotopic (exact) mass is 547 g/mol. The highest BCUT2D eigenvalue weighted by atomic mass is 32.2. The largest absolute Gasteiger partial charge is 0.497 e. The van der Waals surface area contributed by atoms with E-state index in [1.807, 2.05) is 13.0 Å². The highest BCUT2D eigenvalue weighted by molar-refractivity contribution is 8.24. The number of hydrogen-bond donors (Lipinski definition) is 0. The van der Waals surface area contributed by atoms with Crippen molar-refractivity contribution in [1.82, 2.24) is 0 Å². The Morgan fingerprint density at radius 3 is 1.76 bits per heavy atom. The number of benzene rings is 3. The van der Waals surface area contributed by atoms with Gasteiger partial charge in [0.05, 0.1) is 38.9 Å². The van der Waals surface area contributed by atoms with Crippen molar-refractivity contribution in [2.75, 3.05) is 13.7 Å². The number of fused-ring (bicyclic) bond motifs is 1. The number of hydrogen-bond acceptors (Lipinski definition) is 10. The second-order valence-electron chi connectivity index (χ2n) is 7.79. The number of methoxy groups -OCH3 is 1. The number of aryl methyl sites for hydroxylation is 1. The fraction of sp³-hybridized carbons (Fsp3) is 0.143. The van der Waals surface area contributed by atoms with E-state index in [1.165, 1.54) is 19.2 Å². The molecule has 0 unspecified atom stereocenters. The molecule has 0 bridgehead atoms. The summed E-state index contributed by atoms with van der Waals surface area (Å²) in [5.41, 5.74) is 1.46. The molecule has 0 aromatic heterocycles. The lowest BCUT2D eigenvalue weighted by Crippen LogP contribution is -2.11. The molecule has 0 N–H and O–H groups in total. The number of nitrogens with zero attached hydrogens (tertiary/aromatic N) is 1. The molecule has 38 heavy (non-hydrogen) atoms. The van der Waals surface area contributed by atoms with Gasteiger partial charge in [-0.15, -0.1) is 0 Å². The molecular formula is C28H21NO7S2. The lowest BCUT2D eigenvalue weighted by atomic mass is 10.1. The molecule has 0 saturated carbocycles. The Morgan fingerprint density at radius 2 is 1.32 bits per heavy atom. The molecule has 4 rings (SSSR count). The van der Waals surface area contributed by atoms with Crippen molar-refractivity contribution in [3.05, 3.63) is 87.2 Å². The van der Waals surface area contributed by atoms with Gasteiger partial charge in [0.25, 0.3) is 0 Å². The maximum Gasteiger partial charge on any atom is 0.350 e. The van der Waals surface area contributed by atoms with Crippen molar-refractivity contribution in [3.8, 4) is 23.3 Å². The molecule has 10 heteroatoms. The van der Waals surface area contributed by atoms with Crippen LogP contribution < -0.4 is 14.2 Å². The van der Waals surface area contributed by atoms with Crippen molar-refractivity contribution < 1.29 is 33.3 Å². The van der Waals surface area contributed by atoms with Gasteiger partial charge in [-0.25, -0.2) is 14.4 Å². The number of carbonyl (C=O) groups excluding carboxylic acids is 3. The van der Waals surface area contributed by atoms with Gasteiger partial charge in [0.1, 0.15) is 23.3 Å². The zero-order valence-electron chi connectivity index (χ0n) is 20.6. The van der Waals surface area contributed by atoms with Crippen molar-refractivity contribution >= 4 is 41.4 Å². The Hall–Kier alpha value is -4.20. The zero-order chi connectivity index (χ0) is 27.2. The molecule has 0 saturated heterocycles. The standard InChI is InChI=1S/C28H21NO7S2/c1-4-34-27(32)20(15-29)28-37-23-21(35-25(30)17-7-5-16(2)6-8-17)13-14-22(24(23)38-28)36-26(31)18-9-11-19(33-3)12-10-18/h5-14H,4H2,1-3H3/b28-20+. The van der Waals surface area contributed by atoms with Crippen molar-refractivity contribution in [2.24, 2.45) is 0 Å². The minimum atomic E-state index is -0.771. The number of ether oxygens (including phenoxy) is 4. The summed E-state index contributed by atoms with van der Waals surface area (Å²) in [6.07, 6.45) is 0. The Bertz CT molecular complexity index is 1470. The summed E-state index contributed by atoms with van der Waals surface area (Å²) in [6, 6.07) is 18.2. The third-order valence-electron chi connectivity index (χ3n) is 5.24. The molecule has 192 valence electrons. The van der Waals surface area contributed by atoms with Gasteiger partial charge in [0.15, 0.2) is 5.57 Å². The number of carbonyl (C=O) groups is 3. The highest BCUT2D eigenvalue weighted by Crippen LogP contribution is 2.59. The Kier molecular flexibility index (Phi) is 8.41. The zero-order valence-corrected chi connectivity index (χ0v) is 22.2. The van der Waals surface area contributed by atoms with Crippen LogP contribution in [0.3, 0.4) is 0 Å². The summed E-state index contributed by atoms with van der Waals surface area (Å²) in [5, 5.41) is 9.64. The van der Waals surface area contributed by atoms with E-state index < -0.39 is 17.9 Å². The number of rotatable bonds is 7. The van der Waals surface area contributed by atoms with Crippen LogP contribution in [-0.4, -0.2) is 31.6 Å². The molecule has 0 amide bonds. The van der Waals surface area contributed by atoms with Crippen LogP contribution in [0.2, 0.25) is 0 Å². The predicted molar refractivity (Wildman–Crippen MR) is 142 cm³/mol. The summed E-state index contributed by atoms with van der Waals surface area (Å²) in [7, 11) is 1.52. The summed E-state index contributed by atoms with van der Waals surface area (Å²) in [4.78, 5) is 38.9. The van der Waals surface area contributed by atoms with Crippen molar-refractivity contribution in [1.29, 1.82) is 5.26 Å². The Morgan fingerprint density at radius 1 is 0.816 bits per heavy atom. The lowest BCUT2D eigenvalue weighted by Gasteiger charge is -2.12. The van der Waals surface area contributed by atoms with Crippen LogP contribution in [0.25, 0.3) is 0 Å². The van der Waals surface area contributed by atoms with Crippen LogP contribution in [0.5, 0.6) is 17.2 Å². The molecule has 0 spiro atoms. The van der Waals surface area contributed by atoms with E-state index in [-0.39, 0.29) is 23.7 Å². The van der Waals surface area contributed by atoms with E-state index in [2.05, 4.69) is 0 Å². The summed E-state index contributed by atoms with van der Waals surface area (Å²) in [5.74, 6) is -0.995. The van der Waals surface area contributed by atoms with Gasteiger partial charge in [-0.1, -0.05) is 41.2 Å². The maximum atomic E-state index is 12.9. The minimum Gasteiger partial charge on any atom is -0.497 e. The third-order valence-corrected chi connectivity index (χ3v) is 7.87. The van der Waals surface area contributed by atoms with Crippen LogP contribution in [-0.2, 0) is 9.53 Å². The molecule has 0 radical (unpaired) electrons. The number of esters is 3. The normalized spacial score (nSPS) is 13.1. The fourth-order valence-electron chi connectivity index (χ4n) is 3.30. The number of thioether (sulfide) groups is 2. The molecule has 1 aliphatic rings. The third kappa shape index (κ3) is 5.85. The predicted octanol–water partition coefficient (Wildman–Crippen LogP) is 5.94. The average molecular weight is 548 g/mol. The van der Waals surface area contributed by atoms with E-state index in [9.17, 15) is 19.6 Å². The molecule has 3 aromatic rings. The van der Waals surface area contributed by atoms with Gasteiger partial charge in [-0.3, -0.25) is 0 Å². The van der Waals surface area contributed by atoms with Gasteiger partial charge in [-0.05, 0) is 62.4 Å². The number of nitriles is 1. The van der Waals surface area contributed by atoms with Gasteiger partial charge in [0.2, 0.25) is 0 Å². The van der Waals surface area contributed by atoms with Gasteiger partial charge in [0, 0.05) is 0 Å². The van der Waals surface area contributed by atoms with E-state index in [0.29, 0.717) is 30.9 Å². The van der Waals surface area contributed by atoms with E-state index in [0.717, 1.165) is 29.1 Å². The summed E-state index contributed by atoms with van der Waals surface area (Å²) >= 11 is 2.13. The topological polar surface area (TPSA) is 112 Å². The smallest absolute Gasteiger partial charge is 0.350 e. The maximum absolute atomic E-state index is 12.9. The highest BCUT2D eigenvalue weighted by Gasteiger charge is 2.32. The minimum absolute atomic E-state index is 0.101. The lowest BCUT2D eigenvalue weighted by molar-refractivity contribution is -0.138. The van der Waals surface area contributed by atoms with Gasteiger partial charge >= 0.3 is 17.9 Å². The van der Waals surface area contributed by atoms with Crippen molar-refractivity contribution in [2.45, 2.75) is 23.6 Å². The molecule has 8 nitrogen and oxygen atoms in total. The van der Waals surface area contributed by atoms with E-state index in [1.54, 1.807) is 55.5 Å². The van der Waals surface area contributed by atoms with Gasteiger partial charge < -0.3 is 18.9 Å².